The second-order valence-corrected chi connectivity index (χ2v) is 12.3. The van der Waals surface area contributed by atoms with Crippen LogP contribution in [0.2, 0.25) is 0 Å². The van der Waals surface area contributed by atoms with E-state index in [0.717, 1.165) is 25.2 Å². The summed E-state index contributed by atoms with van der Waals surface area (Å²) in [5.74, 6) is 1.10. The number of unbranched alkanes of at least 4 members (excludes halogenated alkanes) is 1. The molecule has 2 aliphatic carbocycles. The number of rotatable bonds is 8. The van der Waals surface area contributed by atoms with E-state index in [2.05, 4.69) is 53.7 Å². The van der Waals surface area contributed by atoms with Gasteiger partial charge in [-0.25, -0.2) is 4.79 Å². The van der Waals surface area contributed by atoms with Gasteiger partial charge >= 0.3 is 5.97 Å². The van der Waals surface area contributed by atoms with E-state index in [0.29, 0.717) is 29.5 Å². The summed E-state index contributed by atoms with van der Waals surface area (Å²) < 4.78 is 5.74. The van der Waals surface area contributed by atoms with E-state index in [1.165, 1.54) is 55.2 Å². The number of hydrogen-bond acceptors (Lipinski definition) is 4. The Balaban J connectivity index is 1.83. The van der Waals surface area contributed by atoms with Crippen LogP contribution in [-0.2, 0) is 16.6 Å². The van der Waals surface area contributed by atoms with E-state index < -0.39 is 6.04 Å². The van der Waals surface area contributed by atoms with E-state index >= 15 is 0 Å². The van der Waals surface area contributed by atoms with E-state index in [1.807, 2.05) is 0 Å². The monoisotopic (exact) mass is 456 g/mol. The van der Waals surface area contributed by atoms with Gasteiger partial charge in [-0.3, -0.25) is 0 Å². The zero-order valence-corrected chi connectivity index (χ0v) is 22.1. The van der Waals surface area contributed by atoms with E-state index in [-0.39, 0.29) is 11.4 Å². The molecule has 2 fully saturated rings. The maximum atomic E-state index is 12.5. The zero-order chi connectivity index (χ0) is 24.4. The van der Waals surface area contributed by atoms with Crippen molar-refractivity contribution in [2.24, 2.45) is 28.2 Å². The molecule has 0 radical (unpaired) electrons. The number of esters is 1. The van der Waals surface area contributed by atoms with Gasteiger partial charge in [-0.05, 0) is 116 Å². The van der Waals surface area contributed by atoms with Crippen LogP contribution in [0.1, 0.15) is 109 Å². The number of ether oxygens (including phenoxy) is 1. The van der Waals surface area contributed by atoms with Crippen molar-refractivity contribution >= 4 is 5.97 Å². The maximum absolute atomic E-state index is 12.5. The minimum absolute atomic E-state index is 0.162. The third-order valence-corrected chi connectivity index (χ3v) is 9.00. The van der Waals surface area contributed by atoms with Crippen LogP contribution in [0, 0.1) is 23.7 Å². The first-order valence-electron chi connectivity index (χ1n) is 13.3. The Morgan fingerprint density at radius 1 is 1.15 bits per heavy atom. The molecule has 0 spiro atoms. The van der Waals surface area contributed by atoms with Crippen molar-refractivity contribution in [3.05, 3.63) is 28.8 Å². The third-order valence-electron chi connectivity index (χ3n) is 9.00. The lowest BCUT2D eigenvalue weighted by Gasteiger charge is -2.58. The fourth-order valence-electron chi connectivity index (χ4n) is 7.69. The molecule has 0 amide bonds. The Labute approximate surface area is 202 Å². The molecule has 186 valence electrons. The van der Waals surface area contributed by atoms with Gasteiger partial charge in [0, 0.05) is 0 Å². The maximum Gasteiger partial charge on any atom is 0.328 e. The molecule has 0 aromatic heterocycles. The molecule has 1 aromatic rings. The summed E-state index contributed by atoms with van der Waals surface area (Å²) in [5, 5.41) is 0. The van der Waals surface area contributed by atoms with Gasteiger partial charge in [0.15, 0.2) is 0 Å². The van der Waals surface area contributed by atoms with Crippen LogP contribution in [0.15, 0.2) is 12.1 Å². The van der Waals surface area contributed by atoms with Crippen LogP contribution in [0.3, 0.4) is 0 Å². The second kappa shape index (κ2) is 10.1. The highest BCUT2D eigenvalue weighted by molar-refractivity contribution is 5.78. The lowest BCUT2D eigenvalue weighted by Crippen LogP contribution is -2.50. The van der Waals surface area contributed by atoms with Gasteiger partial charge in [-0.2, -0.15) is 0 Å². The number of fused-ring (bicyclic) bond motifs is 1. The van der Waals surface area contributed by atoms with Gasteiger partial charge in [-0.15, -0.1) is 0 Å². The normalized spacial score (nSPS) is 29.9. The van der Waals surface area contributed by atoms with E-state index in [9.17, 15) is 4.79 Å². The molecule has 0 saturated heterocycles. The molecule has 3 rings (SSSR count). The van der Waals surface area contributed by atoms with E-state index in [4.69, 9.17) is 16.2 Å². The van der Waals surface area contributed by atoms with Crippen LogP contribution in [0.5, 0.6) is 5.75 Å². The first-order valence-corrected chi connectivity index (χ1v) is 13.3. The summed E-state index contributed by atoms with van der Waals surface area (Å²) >= 11 is 0. The number of aryl methyl sites for hydroxylation is 2. The predicted octanol–water partition coefficient (Wildman–Crippen LogP) is 6.19. The quantitative estimate of drug-likeness (QED) is 0.277. The topological polar surface area (TPSA) is 78.3 Å². The van der Waals surface area contributed by atoms with Crippen LogP contribution in [-0.4, -0.2) is 18.6 Å². The third kappa shape index (κ3) is 5.48. The van der Waals surface area contributed by atoms with Crippen LogP contribution >= 0.6 is 0 Å². The number of carbonyl (C=O) groups is 1. The molecular weight excluding hydrogens is 408 g/mol. The summed E-state index contributed by atoms with van der Waals surface area (Å²) in [7, 11) is 0. The van der Waals surface area contributed by atoms with Crippen molar-refractivity contribution < 1.29 is 9.53 Å². The number of benzene rings is 1. The van der Waals surface area contributed by atoms with Crippen LogP contribution in [0.25, 0.3) is 0 Å². The minimum Gasteiger partial charge on any atom is -0.425 e. The van der Waals surface area contributed by atoms with Crippen molar-refractivity contribution in [1.82, 2.24) is 0 Å². The molecule has 0 bridgehead atoms. The molecule has 2 aliphatic rings. The minimum atomic E-state index is -0.594. The first kappa shape index (κ1) is 26.2. The average Bonchev–Trinajstić information content (AvgIpc) is 2.71. The molecule has 4 heteroatoms. The number of hydrogen-bond donors (Lipinski definition) is 2. The zero-order valence-electron chi connectivity index (χ0n) is 22.1. The fourth-order valence-corrected chi connectivity index (χ4v) is 7.69. The predicted molar refractivity (Wildman–Crippen MR) is 138 cm³/mol. The van der Waals surface area contributed by atoms with Gasteiger partial charge in [-0.1, -0.05) is 47.5 Å². The molecule has 0 heterocycles. The summed E-state index contributed by atoms with van der Waals surface area (Å²) in [4.78, 5) is 12.5. The molecule has 2 saturated carbocycles. The fraction of sp³-hybridized carbons (Fsp3) is 0.759. The summed E-state index contributed by atoms with van der Waals surface area (Å²) in [5.41, 5.74) is 16.7. The van der Waals surface area contributed by atoms with Gasteiger partial charge < -0.3 is 16.2 Å². The molecule has 0 aliphatic heterocycles. The molecule has 4 atom stereocenters. The second-order valence-electron chi connectivity index (χ2n) is 12.3. The standard InChI is InChI=1S/C29H48N2O2/c1-7-21-18-22(33-26(32)23(31)11-8-9-16-30)17-20(2)25(21)29(6)15-12-24-27(3,4)13-10-14-28(24,5)19-29/h17-18,23-24H,7-16,19,30-31H2,1-6H3/t23?,24-,28+,29-/m0/s1. The molecule has 4 nitrogen and oxygen atoms in total. The first-order chi connectivity index (χ1) is 15.5. The highest BCUT2D eigenvalue weighted by Crippen LogP contribution is 2.62. The Kier molecular flexibility index (Phi) is 8.01. The van der Waals surface area contributed by atoms with Gasteiger partial charge in [0.1, 0.15) is 11.8 Å². The van der Waals surface area contributed by atoms with Crippen molar-refractivity contribution in [2.45, 2.75) is 117 Å². The molecule has 1 aromatic carbocycles. The van der Waals surface area contributed by atoms with Crippen molar-refractivity contribution in [3.63, 3.8) is 0 Å². The highest BCUT2D eigenvalue weighted by atomic mass is 16.5. The Bertz CT molecular complexity index is 848. The Morgan fingerprint density at radius 2 is 1.88 bits per heavy atom. The molecule has 33 heavy (non-hydrogen) atoms. The molecular formula is C29H48N2O2. The molecule has 4 N–H and O–H groups in total. The smallest absolute Gasteiger partial charge is 0.328 e. The van der Waals surface area contributed by atoms with Crippen LogP contribution < -0.4 is 16.2 Å². The van der Waals surface area contributed by atoms with Gasteiger partial charge in [0.2, 0.25) is 0 Å². The van der Waals surface area contributed by atoms with Gasteiger partial charge in [0.05, 0.1) is 0 Å². The molecule has 1 unspecified atom stereocenters. The van der Waals surface area contributed by atoms with Crippen molar-refractivity contribution in [3.8, 4) is 5.75 Å². The van der Waals surface area contributed by atoms with Crippen LogP contribution in [0.4, 0.5) is 0 Å². The SMILES string of the molecule is CCc1cc(OC(=O)C(N)CCCCN)cc(C)c1[C@@]1(C)CC[C@H]2C(C)(C)CCC[C@]2(C)C1. The Morgan fingerprint density at radius 3 is 2.55 bits per heavy atom. The van der Waals surface area contributed by atoms with Crippen molar-refractivity contribution in [1.29, 1.82) is 0 Å². The van der Waals surface area contributed by atoms with E-state index in [1.54, 1.807) is 0 Å². The summed E-state index contributed by atoms with van der Waals surface area (Å²) in [6, 6.07) is 3.56. The number of nitrogens with two attached hydrogens (primary N) is 2. The lowest BCUT2D eigenvalue weighted by atomic mass is 9.46. The highest BCUT2D eigenvalue weighted by Gasteiger charge is 2.53. The van der Waals surface area contributed by atoms with Crippen molar-refractivity contribution in [2.75, 3.05) is 6.54 Å². The largest absolute Gasteiger partial charge is 0.425 e. The summed E-state index contributed by atoms with van der Waals surface area (Å²) in [6.07, 6.45) is 11.1. The lowest BCUT2D eigenvalue weighted by molar-refractivity contribution is -0.136. The Hall–Kier alpha value is -1.39. The number of carbonyl (C=O) groups excluding carboxylic acids is 1. The van der Waals surface area contributed by atoms with Gasteiger partial charge in [0.25, 0.3) is 0 Å². The summed E-state index contributed by atoms with van der Waals surface area (Å²) in [6.45, 7) is 15.0. The average molecular weight is 457 g/mol.